The number of hydrogen-bond donors (Lipinski definition) is 2. The van der Waals surface area contributed by atoms with Gasteiger partial charge in [-0.15, -0.1) is 0 Å². The number of rotatable bonds is 3. The quantitative estimate of drug-likeness (QED) is 0.633. The average Bonchev–Trinajstić information content (AvgIpc) is 2.25. The van der Waals surface area contributed by atoms with Crippen LogP contribution in [0.15, 0.2) is 33.6 Å². The molecule has 6 nitrogen and oxygen atoms in total. The van der Waals surface area contributed by atoms with Gasteiger partial charge in [-0.2, -0.15) is 0 Å². The average molecular weight is 378 g/mol. The maximum Gasteiger partial charge on any atom is 0.265 e. The fourth-order valence-corrected chi connectivity index (χ4v) is 3.76. The van der Waals surface area contributed by atoms with E-state index >= 15 is 0 Å². The summed E-state index contributed by atoms with van der Waals surface area (Å²) in [5.41, 5.74) is 6.58. The normalized spacial score (nSPS) is 11.3. The predicted octanol–water partition coefficient (Wildman–Crippen LogP) is 2.58. The van der Waals surface area contributed by atoms with Crippen LogP contribution >= 0.6 is 27.5 Å². The second-order valence-corrected chi connectivity index (χ2v) is 6.84. The summed E-state index contributed by atoms with van der Waals surface area (Å²) in [4.78, 5) is 7.82. The third-order valence-electron chi connectivity index (χ3n) is 2.29. The van der Waals surface area contributed by atoms with Crippen molar-refractivity contribution in [2.45, 2.75) is 11.8 Å². The zero-order valence-electron chi connectivity index (χ0n) is 10.3. The number of anilines is 2. The van der Waals surface area contributed by atoms with Crippen LogP contribution in [0.5, 0.6) is 0 Å². The van der Waals surface area contributed by atoms with Gasteiger partial charge >= 0.3 is 0 Å². The number of hydrogen-bond acceptors (Lipinski definition) is 5. The summed E-state index contributed by atoms with van der Waals surface area (Å²) in [5.74, 6) is -0.0845. The molecule has 106 valence electrons. The van der Waals surface area contributed by atoms with E-state index < -0.39 is 10.0 Å². The number of aromatic nitrogens is 2. The molecule has 0 radical (unpaired) electrons. The molecule has 0 atom stereocenters. The van der Waals surface area contributed by atoms with Crippen molar-refractivity contribution in [3.8, 4) is 0 Å². The number of nitrogens with one attached hydrogen (secondary N) is 1. The van der Waals surface area contributed by atoms with Crippen LogP contribution in [0.4, 0.5) is 11.6 Å². The Balaban J connectivity index is 2.40. The molecule has 0 saturated heterocycles. The molecule has 2 aromatic rings. The first-order valence-electron chi connectivity index (χ1n) is 5.37. The molecule has 1 heterocycles. The number of nitrogens with zero attached hydrogens (tertiary/aromatic N) is 2. The van der Waals surface area contributed by atoms with Crippen molar-refractivity contribution in [2.75, 3.05) is 10.5 Å². The first-order valence-corrected chi connectivity index (χ1v) is 8.02. The number of benzene rings is 1. The third-order valence-corrected chi connectivity index (χ3v) is 4.79. The molecule has 1 aromatic carbocycles. The van der Waals surface area contributed by atoms with Gasteiger partial charge in [0.1, 0.15) is 10.0 Å². The lowest BCUT2D eigenvalue weighted by atomic mass is 10.3. The first kappa shape index (κ1) is 15.0. The zero-order valence-corrected chi connectivity index (χ0v) is 13.4. The number of nitrogens with two attached hydrogens (primary N) is 1. The Kier molecular flexibility index (Phi) is 4.17. The number of aryl methyl sites for hydroxylation is 1. The molecule has 1 aromatic heterocycles. The highest BCUT2D eigenvalue weighted by Gasteiger charge is 2.19. The van der Waals surface area contributed by atoms with Crippen molar-refractivity contribution in [1.82, 2.24) is 9.97 Å². The first-order chi connectivity index (χ1) is 9.28. The molecule has 0 aliphatic rings. The molecule has 2 rings (SSSR count). The van der Waals surface area contributed by atoms with Crippen LogP contribution < -0.4 is 10.5 Å². The highest BCUT2D eigenvalue weighted by atomic mass is 79.9. The van der Waals surface area contributed by atoms with Gasteiger partial charge in [0.25, 0.3) is 10.0 Å². The molecule has 0 bridgehead atoms. The Morgan fingerprint density at radius 3 is 2.60 bits per heavy atom. The Morgan fingerprint density at radius 1 is 1.30 bits per heavy atom. The fraction of sp³-hybridized carbons (Fsp3) is 0.0909. The Morgan fingerprint density at radius 2 is 2.00 bits per heavy atom. The Hall–Kier alpha value is -1.38. The number of halogens is 2. The molecule has 0 amide bonds. The lowest BCUT2D eigenvalue weighted by molar-refractivity contribution is 0.600. The topological polar surface area (TPSA) is 98.0 Å². The van der Waals surface area contributed by atoms with E-state index in [1.807, 2.05) is 0 Å². The Bertz CT molecular complexity index is 747. The molecule has 9 heteroatoms. The van der Waals surface area contributed by atoms with E-state index in [-0.39, 0.29) is 16.0 Å². The van der Waals surface area contributed by atoms with E-state index in [1.54, 1.807) is 6.92 Å². The standard InChI is InChI=1S/C11H10BrClN4O2S/c1-6-4-10(13)16-11(15-6)17-20(18,19)9-3-2-7(14)5-8(9)12/h2-5H,14H2,1H3,(H,15,16,17). The summed E-state index contributed by atoms with van der Waals surface area (Å²) in [6.45, 7) is 1.69. The minimum absolute atomic E-state index is 0.0351. The second kappa shape index (κ2) is 5.55. The molecule has 0 saturated carbocycles. The van der Waals surface area contributed by atoms with Crippen molar-refractivity contribution < 1.29 is 8.42 Å². The van der Waals surface area contributed by atoms with Crippen LogP contribution in [0.2, 0.25) is 5.15 Å². The van der Waals surface area contributed by atoms with E-state index in [1.165, 1.54) is 24.3 Å². The van der Waals surface area contributed by atoms with Crippen molar-refractivity contribution in [3.05, 3.63) is 39.6 Å². The molecule has 0 aliphatic heterocycles. The third kappa shape index (κ3) is 3.38. The summed E-state index contributed by atoms with van der Waals surface area (Å²) < 4.78 is 27.1. The molecular formula is C11H10BrClN4O2S. The summed E-state index contributed by atoms with van der Waals surface area (Å²) in [6.07, 6.45) is 0. The number of nitrogen functional groups attached to an aromatic ring is 1. The summed E-state index contributed by atoms with van der Waals surface area (Å²) in [6, 6.07) is 5.90. The molecular weight excluding hydrogens is 368 g/mol. The lowest BCUT2D eigenvalue weighted by Crippen LogP contribution is -2.16. The second-order valence-electron chi connectivity index (χ2n) is 3.95. The highest BCUT2D eigenvalue weighted by Crippen LogP contribution is 2.25. The van der Waals surface area contributed by atoms with E-state index in [2.05, 4.69) is 30.6 Å². The lowest BCUT2D eigenvalue weighted by Gasteiger charge is -2.09. The van der Waals surface area contributed by atoms with Crippen LogP contribution in [0.25, 0.3) is 0 Å². The molecule has 3 N–H and O–H groups in total. The van der Waals surface area contributed by atoms with E-state index in [0.29, 0.717) is 15.9 Å². The molecule has 0 aliphatic carbocycles. The van der Waals surface area contributed by atoms with Crippen molar-refractivity contribution >= 4 is 49.2 Å². The molecule has 0 unspecified atom stereocenters. The SMILES string of the molecule is Cc1cc(Cl)nc(NS(=O)(=O)c2ccc(N)cc2Br)n1. The number of sulfonamides is 1. The fourth-order valence-electron chi connectivity index (χ4n) is 1.49. The van der Waals surface area contributed by atoms with Crippen molar-refractivity contribution in [2.24, 2.45) is 0 Å². The van der Waals surface area contributed by atoms with Gasteiger partial charge < -0.3 is 5.73 Å². The molecule has 0 fully saturated rings. The van der Waals surface area contributed by atoms with Crippen LogP contribution in [0.3, 0.4) is 0 Å². The van der Waals surface area contributed by atoms with Gasteiger partial charge in [0.05, 0.1) is 0 Å². The molecule has 20 heavy (non-hydrogen) atoms. The highest BCUT2D eigenvalue weighted by molar-refractivity contribution is 9.10. The van der Waals surface area contributed by atoms with E-state index in [0.717, 1.165) is 0 Å². The van der Waals surface area contributed by atoms with Gasteiger partial charge in [0.2, 0.25) is 5.95 Å². The zero-order chi connectivity index (χ0) is 14.9. The van der Waals surface area contributed by atoms with Crippen LogP contribution in [-0.4, -0.2) is 18.4 Å². The smallest absolute Gasteiger partial charge is 0.265 e. The maximum atomic E-state index is 12.3. The van der Waals surface area contributed by atoms with Gasteiger partial charge in [-0.3, -0.25) is 0 Å². The molecule has 0 spiro atoms. The van der Waals surface area contributed by atoms with Crippen LogP contribution in [0, 0.1) is 6.92 Å². The summed E-state index contributed by atoms with van der Waals surface area (Å²) >= 11 is 8.92. The summed E-state index contributed by atoms with van der Waals surface area (Å²) in [7, 11) is -3.83. The largest absolute Gasteiger partial charge is 0.399 e. The van der Waals surface area contributed by atoms with Crippen molar-refractivity contribution in [3.63, 3.8) is 0 Å². The van der Waals surface area contributed by atoms with Gasteiger partial charge in [0.15, 0.2) is 0 Å². The van der Waals surface area contributed by atoms with Gasteiger partial charge in [-0.05, 0) is 47.1 Å². The van der Waals surface area contributed by atoms with Gasteiger partial charge in [-0.1, -0.05) is 11.6 Å². The maximum absolute atomic E-state index is 12.3. The van der Waals surface area contributed by atoms with Gasteiger partial charge in [-0.25, -0.2) is 23.1 Å². The van der Waals surface area contributed by atoms with Gasteiger partial charge in [0, 0.05) is 15.9 Å². The van der Waals surface area contributed by atoms with Crippen molar-refractivity contribution in [1.29, 1.82) is 0 Å². The van der Waals surface area contributed by atoms with E-state index in [4.69, 9.17) is 17.3 Å². The minimum atomic E-state index is -3.83. The monoisotopic (exact) mass is 376 g/mol. The van der Waals surface area contributed by atoms with E-state index in [9.17, 15) is 8.42 Å². The Labute approximate surface area is 129 Å². The summed E-state index contributed by atoms with van der Waals surface area (Å²) in [5, 5.41) is 0.159. The minimum Gasteiger partial charge on any atom is -0.399 e. The van der Waals surface area contributed by atoms with Crippen LogP contribution in [0.1, 0.15) is 5.69 Å². The predicted molar refractivity (Wildman–Crippen MR) is 81.1 cm³/mol. The van der Waals surface area contributed by atoms with Crippen LogP contribution in [-0.2, 0) is 10.0 Å².